The molecule has 0 saturated carbocycles. The maximum atomic E-state index is 12.5. The molecule has 0 aliphatic carbocycles. The normalized spacial score (nSPS) is 11.4. The van der Waals surface area contributed by atoms with Crippen molar-refractivity contribution in [1.82, 2.24) is 0 Å². The average molecular weight is 378 g/mol. The molecule has 112 valence electrons. The number of thioether (sulfide) groups is 1. The SMILES string of the molecule is Oc1ccc(CNc2ccccc2SC(F)(F)F)cc1Br. The molecule has 2 N–H and O–H groups in total. The van der Waals surface area contributed by atoms with E-state index in [1.807, 2.05) is 0 Å². The van der Waals surface area contributed by atoms with Crippen LogP contribution in [0.1, 0.15) is 5.56 Å². The Balaban J connectivity index is 2.11. The molecule has 21 heavy (non-hydrogen) atoms. The number of phenolic OH excluding ortho intramolecular Hbond substituents is 1. The van der Waals surface area contributed by atoms with E-state index in [4.69, 9.17) is 0 Å². The van der Waals surface area contributed by atoms with Gasteiger partial charge in [-0.05, 0) is 57.5 Å². The molecule has 0 amide bonds. The molecule has 2 nitrogen and oxygen atoms in total. The molecule has 2 aromatic rings. The monoisotopic (exact) mass is 377 g/mol. The number of hydrogen-bond acceptors (Lipinski definition) is 3. The second kappa shape index (κ2) is 6.62. The Morgan fingerprint density at radius 3 is 2.52 bits per heavy atom. The van der Waals surface area contributed by atoms with Crippen molar-refractivity contribution in [2.24, 2.45) is 0 Å². The van der Waals surface area contributed by atoms with E-state index in [-0.39, 0.29) is 22.4 Å². The number of hydrogen-bond donors (Lipinski definition) is 2. The zero-order valence-corrected chi connectivity index (χ0v) is 13.0. The van der Waals surface area contributed by atoms with Crippen molar-refractivity contribution in [2.45, 2.75) is 16.9 Å². The Labute approximate surface area is 132 Å². The van der Waals surface area contributed by atoms with E-state index in [2.05, 4.69) is 21.2 Å². The lowest BCUT2D eigenvalue weighted by atomic mass is 10.2. The molecule has 2 rings (SSSR count). The fourth-order valence-corrected chi connectivity index (χ4v) is 2.76. The van der Waals surface area contributed by atoms with Crippen LogP contribution in [0.25, 0.3) is 0 Å². The van der Waals surface area contributed by atoms with Gasteiger partial charge in [0.15, 0.2) is 0 Å². The molecule has 0 aliphatic heterocycles. The second-order valence-electron chi connectivity index (χ2n) is 4.18. The highest BCUT2D eigenvalue weighted by atomic mass is 79.9. The Hall–Kier alpha value is -1.34. The van der Waals surface area contributed by atoms with E-state index in [0.717, 1.165) is 5.56 Å². The van der Waals surface area contributed by atoms with Gasteiger partial charge in [-0.15, -0.1) is 0 Å². The molecule has 0 aromatic heterocycles. The first-order valence-electron chi connectivity index (χ1n) is 5.91. The molecule has 0 bridgehead atoms. The van der Waals surface area contributed by atoms with Gasteiger partial charge in [0.1, 0.15) is 5.75 Å². The van der Waals surface area contributed by atoms with Gasteiger partial charge in [-0.25, -0.2) is 0 Å². The summed E-state index contributed by atoms with van der Waals surface area (Å²) >= 11 is 3.05. The summed E-state index contributed by atoms with van der Waals surface area (Å²) in [6.07, 6.45) is 0. The zero-order chi connectivity index (χ0) is 15.5. The molecule has 0 radical (unpaired) electrons. The van der Waals surface area contributed by atoms with Crippen molar-refractivity contribution in [3.8, 4) is 5.75 Å². The summed E-state index contributed by atoms with van der Waals surface area (Å²) in [6, 6.07) is 11.2. The van der Waals surface area contributed by atoms with E-state index >= 15 is 0 Å². The minimum Gasteiger partial charge on any atom is -0.507 e. The summed E-state index contributed by atoms with van der Waals surface area (Å²) in [6.45, 7) is 0.355. The predicted octanol–water partition coefficient (Wildman–Crippen LogP) is 5.38. The third-order valence-electron chi connectivity index (χ3n) is 2.61. The Morgan fingerprint density at radius 2 is 1.86 bits per heavy atom. The topological polar surface area (TPSA) is 32.3 Å². The summed E-state index contributed by atoms with van der Waals surface area (Å²) in [4.78, 5) is 0.128. The summed E-state index contributed by atoms with van der Waals surface area (Å²) in [5.41, 5.74) is -3.06. The summed E-state index contributed by atoms with van der Waals surface area (Å²) < 4.78 is 38.0. The molecule has 0 atom stereocenters. The smallest absolute Gasteiger partial charge is 0.446 e. The van der Waals surface area contributed by atoms with Gasteiger partial charge in [-0.3, -0.25) is 0 Å². The van der Waals surface area contributed by atoms with Crippen LogP contribution in [-0.2, 0) is 6.54 Å². The Kier molecular flexibility index (Phi) is 5.05. The van der Waals surface area contributed by atoms with Crippen molar-refractivity contribution < 1.29 is 18.3 Å². The maximum Gasteiger partial charge on any atom is 0.446 e. The zero-order valence-electron chi connectivity index (χ0n) is 10.6. The molecule has 7 heteroatoms. The number of benzene rings is 2. The van der Waals surface area contributed by atoms with Gasteiger partial charge in [0.25, 0.3) is 0 Å². The van der Waals surface area contributed by atoms with Gasteiger partial charge in [-0.1, -0.05) is 18.2 Å². The first-order valence-corrected chi connectivity index (χ1v) is 7.52. The number of halogens is 4. The molecule has 0 fully saturated rings. The number of alkyl halides is 3. The van der Waals surface area contributed by atoms with Crippen LogP contribution in [0, 0.1) is 0 Å². The van der Waals surface area contributed by atoms with E-state index in [0.29, 0.717) is 16.7 Å². The van der Waals surface area contributed by atoms with Crippen LogP contribution in [0.5, 0.6) is 5.75 Å². The van der Waals surface area contributed by atoms with Gasteiger partial charge in [0.2, 0.25) is 0 Å². The van der Waals surface area contributed by atoms with Crippen LogP contribution in [-0.4, -0.2) is 10.6 Å². The van der Waals surface area contributed by atoms with Crippen LogP contribution in [0.15, 0.2) is 51.8 Å². The van der Waals surface area contributed by atoms with E-state index in [1.165, 1.54) is 12.1 Å². The van der Waals surface area contributed by atoms with Crippen LogP contribution in [0.3, 0.4) is 0 Å². The van der Waals surface area contributed by atoms with Crippen LogP contribution in [0.2, 0.25) is 0 Å². The van der Waals surface area contributed by atoms with E-state index < -0.39 is 5.51 Å². The minimum atomic E-state index is -4.32. The highest BCUT2D eigenvalue weighted by Crippen LogP contribution is 2.40. The number of rotatable bonds is 4. The molecular weight excluding hydrogens is 367 g/mol. The lowest BCUT2D eigenvalue weighted by Crippen LogP contribution is -2.04. The van der Waals surface area contributed by atoms with Gasteiger partial charge >= 0.3 is 5.51 Å². The molecule has 0 spiro atoms. The van der Waals surface area contributed by atoms with Crippen molar-refractivity contribution >= 4 is 33.4 Å². The highest BCUT2D eigenvalue weighted by molar-refractivity contribution is 9.10. The first kappa shape index (κ1) is 16.0. The summed E-state index contributed by atoms with van der Waals surface area (Å²) in [7, 11) is 0. The van der Waals surface area contributed by atoms with Crippen molar-refractivity contribution in [3.05, 3.63) is 52.5 Å². The molecular formula is C14H11BrF3NOS. The predicted molar refractivity (Wildman–Crippen MR) is 81.5 cm³/mol. The fraction of sp³-hybridized carbons (Fsp3) is 0.143. The second-order valence-corrected chi connectivity index (χ2v) is 6.14. The quantitative estimate of drug-likeness (QED) is 0.701. The van der Waals surface area contributed by atoms with Gasteiger partial charge in [-0.2, -0.15) is 13.2 Å². The van der Waals surface area contributed by atoms with Crippen molar-refractivity contribution in [3.63, 3.8) is 0 Å². The number of anilines is 1. The van der Waals surface area contributed by atoms with Crippen molar-refractivity contribution in [1.29, 1.82) is 0 Å². The Bertz CT molecular complexity index is 634. The van der Waals surface area contributed by atoms with Crippen LogP contribution < -0.4 is 5.32 Å². The molecule has 0 unspecified atom stereocenters. The van der Waals surface area contributed by atoms with Crippen LogP contribution >= 0.6 is 27.7 Å². The van der Waals surface area contributed by atoms with Crippen LogP contribution in [0.4, 0.5) is 18.9 Å². The first-order chi connectivity index (χ1) is 9.85. The molecule has 2 aromatic carbocycles. The van der Waals surface area contributed by atoms with E-state index in [9.17, 15) is 18.3 Å². The average Bonchev–Trinajstić information content (AvgIpc) is 2.40. The number of nitrogens with one attached hydrogen (secondary N) is 1. The molecule has 0 saturated heterocycles. The standard InChI is InChI=1S/C14H11BrF3NOS/c15-10-7-9(5-6-12(10)20)8-19-11-3-1-2-4-13(11)21-14(16,17)18/h1-7,19-20H,8H2. The highest BCUT2D eigenvalue weighted by Gasteiger charge is 2.30. The maximum absolute atomic E-state index is 12.5. The lowest BCUT2D eigenvalue weighted by molar-refractivity contribution is -0.0327. The largest absolute Gasteiger partial charge is 0.507 e. The van der Waals surface area contributed by atoms with Gasteiger partial charge in [0.05, 0.1) is 4.47 Å². The third kappa shape index (κ3) is 4.86. The minimum absolute atomic E-state index is 0.117. The Morgan fingerprint density at radius 1 is 1.14 bits per heavy atom. The molecule has 0 heterocycles. The summed E-state index contributed by atoms with van der Waals surface area (Å²) in [5, 5.41) is 12.4. The molecule has 0 aliphatic rings. The number of aromatic hydroxyl groups is 1. The van der Waals surface area contributed by atoms with Gasteiger partial charge in [0, 0.05) is 17.1 Å². The van der Waals surface area contributed by atoms with E-state index in [1.54, 1.807) is 30.3 Å². The summed E-state index contributed by atoms with van der Waals surface area (Å²) in [5.74, 6) is 0.117. The van der Waals surface area contributed by atoms with Gasteiger partial charge < -0.3 is 10.4 Å². The van der Waals surface area contributed by atoms with Crippen molar-refractivity contribution in [2.75, 3.05) is 5.32 Å². The third-order valence-corrected chi connectivity index (χ3v) is 4.05. The number of para-hydroxylation sites is 1. The lowest BCUT2D eigenvalue weighted by Gasteiger charge is -2.13. The number of phenols is 1. The fourth-order valence-electron chi connectivity index (χ4n) is 1.68.